The third-order valence-corrected chi connectivity index (χ3v) is 2.75. The molecule has 2 rings (SSSR count). The van der Waals surface area contributed by atoms with Gasteiger partial charge in [-0.2, -0.15) is 0 Å². The topological polar surface area (TPSA) is 29.3 Å². The second-order valence-electron chi connectivity index (χ2n) is 3.88. The lowest BCUT2D eigenvalue weighted by molar-refractivity contribution is 0.626. The van der Waals surface area contributed by atoms with E-state index in [1.54, 1.807) is 6.07 Å². The van der Waals surface area contributed by atoms with Crippen molar-refractivity contribution in [2.24, 2.45) is 0 Å². The average Bonchev–Trinajstić information content (AvgIpc) is 2.27. The molecule has 0 amide bonds. The molecule has 0 bridgehead atoms. The van der Waals surface area contributed by atoms with Gasteiger partial charge in [0.15, 0.2) is 0 Å². The Kier molecular flexibility index (Phi) is 2.32. The molecule has 1 heterocycles. The van der Waals surface area contributed by atoms with Crippen molar-refractivity contribution >= 4 is 11.4 Å². The predicted molar refractivity (Wildman–Crippen MR) is 57.0 cm³/mol. The van der Waals surface area contributed by atoms with Crippen LogP contribution in [0.2, 0.25) is 0 Å². The van der Waals surface area contributed by atoms with Gasteiger partial charge in [-0.1, -0.05) is 0 Å². The largest absolute Gasteiger partial charge is 0.397 e. The van der Waals surface area contributed by atoms with Crippen LogP contribution in [0.4, 0.5) is 15.8 Å². The molecule has 1 aliphatic heterocycles. The van der Waals surface area contributed by atoms with Crippen LogP contribution in [0.1, 0.15) is 18.4 Å². The highest BCUT2D eigenvalue weighted by molar-refractivity contribution is 5.71. The van der Waals surface area contributed by atoms with Gasteiger partial charge in [0, 0.05) is 13.6 Å². The molecule has 1 aromatic carbocycles. The number of nitrogen functional groups attached to an aromatic ring is 1. The fraction of sp³-hybridized carbons (Fsp3) is 0.455. The van der Waals surface area contributed by atoms with Gasteiger partial charge in [0.2, 0.25) is 0 Å². The molecule has 3 heteroatoms. The molecule has 0 aliphatic carbocycles. The van der Waals surface area contributed by atoms with Crippen LogP contribution in [0.15, 0.2) is 12.1 Å². The maximum atomic E-state index is 13.1. The van der Waals surface area contributed by atoms with Crippen molar-refractivity contribution in [2.75, 3.05) is 24.2 Å². The first-order chi connectivity index (χ1) is 6.68. The van der Waals surface area contributed by atoms with Crippen molar-refractivity contribution in [2.45, 2.75) is 19.3 Å². The van der Waals surface area contributed by atoms with Crippen molar-refractivity contribution in [1.82, 2.24) is 0 Å². The number of aryl methyl sites for hydroxylation is 1. The van der Waals surface area contributed by atoms with Gasteiger partial charge in [0.05, 0.1) is 11.4 Å². The standard InChI is InChI=1S/C11H15FN2/c1-14-5-3-2-4-8-6-9(12)7-10(13)11(8)14/h6-7H,2-5,13H2,1H3. The lowest BCUT2D eigenvalue weighted by Crippen LogP contribution is -2.19. The molecule has 1 aromatic rings. The van der Waals surface area contributed by atoms with Gasteiger partial charge in [-0.15, -0.1) is 0 Å². The molecule has 0 saturated carbocycles. The van der Waals surface area contributed by atoms with Crippen molar-refractivity contribution in [3.8, 4) is 0 Å². The SMILES string of the molecule is CN1CCCCc2cc(F)cc(N)c21. The van der Waals surface area contributed by atoms with Crippen molar-refractivity contribution in [3.63, 3.8) is 0 Å². The van der Waals surface area contributed by atoms with Gasteiger partial charge in [-0.3, -0.25) is 0 Å². The number of hydrogen-bond acceptors (Lipinski definition) is 2. The van der Waals surface area contributed by atoms with Gasteiger partial charge >= 0.3 is 0 Å². The Morgan fingerprint density at radius 3 is 2.93 bits per heavy atom. The molecular formula is C11H15FN2. The van der Waals surface area contributed by atoms with E-state index in [1.807, 2.05) is 7.05 Å². The van der Waals surface area contributed by atoms with Crippen molar-refractivity contribution in [1.29, 1.82) is 0 Å². The first-order valence-electron chi connectivity index (χ1n) is 4.97. The summed E-state index contributed by atoms with van der Waals surface area (Å²) in [7, 11) is 2.01. The summed E-state index contributed by atoms with van der Waals surface area (Å²) in [5, 5.41) is 0. The Balaban J connectivity index is 2.53. The molecule has 76 valence electrons. The van der Waals surface area contributed by atoms with Gasteiger partial charge in [0.25, 0.3) is 0 Å². The number of fused-ring (bicyclic) bond motifs is 1. The predicted octanol–water partition coefficient (Wildman–Crippen LogP) is 2.18. The molecular weight excluding hydrogens is 179 g/mol. The molecule has 0 unspecified atom stereocenters. The summed E-state index contributed by atoms with van der Waals surface area (Å²) in [5.41, 5.74) is 8.44. The number of nitrogens with zero attached hydrogens (tertiary/aromatic N) is 1. The fourth-order valence-corrected chi connectivity index (χ4v) is 2.11. The zero-order valence-electron chi connectivity index (χ0n) is 8.39. The fourth-order valence-electron chi connectivity index (χ4n) is 2.11. The highest BCUT2D eigenvalue weighted by Crippen LogP contribution is 2.31. The minimum atomic E-state index is -0.225. The van der Waals surface area contributed by atoms with Crippen molar-refractivity contribution < 1.29 is 4.39 Å². The van der Waals surface area contributed by atoms with Crippen LogP contribution in [0.3, 0.4) is 0 Å². The van der Waals surface area contributed by atoms with Crippen LogP contribution in [0.25, 0.3) is 0 Å². The van der Waals surface area contributed by atoms with E-state index >= 15 is 0 Å². The molecule has 0 spiro atoms. The van der Waals surface area contributed by atoms with E-state index in [2.05, 4.69) is 4.90 Å². The Bertz CT molecular complexity index is 349. The first-order valence-corrected chi connectivity index (χ1v) is 4.97. The quantitative estimate of drug-likeness (QED) is 0.641. The maximum Gasteiger partial charge on any atom is 0.125 e. The third-order valence-electron chi connectivity index (χ3n) is 2.75. The van der Waals surface area contributed by atoms with E-state index in [-0.39, 0.29) is 5.82 Å². The molecule has 0 atom stereocenters. The smallest absolute Gasteiger partial charge is 0.125 e. The zero-order chi connectivity index (χ0) is 10.1. The van der Waals surface area contributed by atoms with Crippen molar-refractivity contribution in [3.05, 3.63) is 23.5 Å². The zero-order valence-corrected chi connectivity index (χ0v) is 8.39. The molecule has 2 nitrogen and oxygen atoms in total. The van der Waals surface area contributed by atoms with Crippen LogP contribution < -0.4 is 10.6 Å². The summed E-state index contributed by atoms with van der Waals surface area (Å²) in [4.78, 5) is 2.12. The molecule has 14 heavy (non-hydrogen) atoms. The molecule has 0 radical (unpaired) electrons. The van der Waals surface area contributed by atoms with E-state index in [9.17, 15) is 4.39 Å². The van der Waals surface area contributed by atoms with Crippen LogP contribution in [-0.4, -0.2) is 13.6 Å². The summed E-state index contributed by atoms with van der Waals surface area (Å²) >= 11 is 0. The average molecular weight is 194 g/mol. The van der Waals surface area contributed by atoms with E-state index in [4.69, 9.17) is 5.73 Å². The number of halogens is 1. The van der Waals surface area contributed by atoms with Crippen LogP contribution in [0, 0.1) is 5.82 Å². The number of anilines is 2. The lowest BCUT2D eigenvalue weighted by Gasteiger charge is -2.21. The summed E-state index contributed by atoms with van der Waals surface area (Å²) in [6.45, 7) is 1.00. The van der Waals surface area contributed by atoms with Gasteiger partial charge < -0.3 is 10.6 Å². The van der Waals surface area contributed by atoms with Gasteiger partial charge in [-0.05, 0) is 37.0 Å². The Labute approximate surface area is 83.5 Å². The number of rotatable bonds is 0. The summed E-state index contributed by atoms with van der Waals surface area (Å²) < 4.78 is 13.1. The number of benzene rings is 1. The van der Waals surface area contributed by atoms with E-state index < -0.39 is 0 Å². The molecule has 0 saturated heterocycles. The second-order valence-corrected chi connectivity index (χ2v) is 3.88. The van der Waals surface area contributed by atoms with E-state index in [0.717, 1.165) is 37.1 Å². The molecule has 0 fully saturated rings. The minimum absolute atomic E-state index is 0.225. The van der Waals surface area contributed by atoms with Crippen LogP contribution in [-0.2, 0) is 6.42 Å². The molecule has 2 N–H and O–H groups in total. The van der Waals surface area contributed by atoms with Crippen LogP contribution in [0.5, 0.6) is 0 Å². The summed E-state index contributed by atoms with van der Waals surface area (Å²) in [6, 6.07) is 3.01. The summed E-state index contributed by atoms with van der Waals surface area (Å²) in [5.74, 6) is -0.225. The first kappa shape index (κ1) is 9.31. The lowest BCUT2D eigenvalue weighted by atomic mass is 10.1. The molecule has 1 aliphatic rings. The Hall–Kier alpha value is -1.25. The Morgan fingerprint density at radius 1 is 1.36 bits per heavy atom. The van der Waals surface area contributed by atoms with E-state index in [1.165, 1.54) is 6.07 Å². The van der Waals surface area contributed by atoms with Gasteiger partial charge in [-0.25, -0.2) is 4.39 Å². The van der Waals surface area contributed by atoms with Gasteiger partial charge in [0.1, 0.15) is 5.82 Å². The Morgan fingerprint density at radius 2 is 2.14 bits per heavy atom. The molecule has 0 aromatic heterocycles. The monoisotopic (exact) mass is 194 g/mol. The number of nitrogens with two attached hydrogens (primary N) is 1. The highest BCUT2D eigenvalue weighted by atomic mass is 19.1. The maximum absolute atomic E-state index is 13.1. The normalized spacial score (nSPS) is 16.3. The summed E-state index contributed by atoms with van der Waals surface area (Å²) in [6.07, 6.45) is 3.19. The third kappa shape index (κ3) is 1.54. The van der Waals surface area contributed by atoms with Crippen LogP contribution >= 0.6 is 0 Å². The van der Waals surface area contributed by atoms with E-state index in [0.29, 0.717) is 5.69 Å². The minimum Gasteiger partial charge on any atom is -0.397 e. The number of hydrogen-bond donors (Lipinski definition) is 1. The highest BCUT2D eigenvalue weighted by Gasteiger charge is 2.15. The second kappa shape index (κ2) is 3.48.